The van der Waals surface area contributed by atoms with Crippen LogP contribution in [0.15, 0.2) is 30.5 Å². The number of hydrogen-bond donors (Lipinski definition) is 1. The number of nitrogens with one attached hydrogen (secondary N) is 1. The van der Waals surface area contributed by atoms with E-state index in [9.17, 15) is 4.79 Å². The number of carbonyl (C=O) groups is 1. The van der Waals surface area contributed by atoms with Gasteiger partial charge in [-0.15, -0.1) is 0 Å². The number of fused-ring (bicyclic) bond motifs is 1. The first-order chi connectivity index (χ1) is 11.9. The second-order valence-electron chi connectivity index (χ2n) is 7.77. The van der Waals surface area contributed by atoms with Gasteiger partial charge in [-0.05, 0) is 70.7 Å². The van der Waals surface area contributed by atoms with Gasteiger partial charge in [-0.1, -0.05) is 0 Å². The molecule has 1 aliphatic carbocycles. The molecular weight excluding hydrogens is 314 g/mol. The van der Waals surface area contributed by atoms with E-state index in [0.29, 0.717) is 11.6 Å². The zero-order valence-electron chi connectivity index (χ0n) is 15.1. The molecule has 2 aromatic rings. The Morgan fingerprint density at radius 3 is 2.84 bits per heavy atom. The van der Waals surface area contributed by atoms with Crippen molar-refractivity contribution in [1.82, 2.24) is 9.88 Å². The Labute approximate surface area is 148 Å². The number of aromatic nitrogens is 1. The van der Waals surface area contributed by atoms with Crippen LogP contribution in [0.4, 0.5) is 4.79 Å². The summed E-state index contributed by atoms with van der Waals surface area (Å²) < 4.78 is 7.65. The third-order valence-corrected chi connectivity index (χ3v) is 4.61. The van der Waals surface area contributed by atoms with Crippen LogP contribution in [-0.4, -0.2) is 22.3 Å². The predicted octanol–water partition coefficient (Wildman–Crippen LogP) is 4.52. The highest BCUT2D eigenvalue weighted by Crippen LogP contribution is 2.32. The van der Waals surface area contributed by atoms with Gasteiger partial charge in [0.15, 0.2) is 0 Å². The summed E-state index contributed by atoms with van der Waals surface area (Å²) in [6.07, 6.45) is 5.79. The van der Waals surface area contributed by atoms with Crippen LogP contribution in [0.25, 0.3) is 10.9 Å². The van der Waals surface area contributed by atoms with E-state index in [4.69, 9.17) is 10.00 Å². The van der Waals surface area contributed by atoms with Crippen molar-refractivity contribution in [2.24, 2.45) is 0 Å². The van der Waals surface area contributed by atoms with Gasteiger partial charge in [0.2, 0.25) is 0 Å². The molecule has 3 rings (SSSR count). The van der Waals surface area contributed by atoms with E-state index in [1.54, 1.807) is 0 Å². The molecule has 1 aromatic heterocycles. The molecule has 0 spiro atoms. The van der Waals surface area contributed by atoms with Gasteiger partial charge in [-0.25, -0.2) is 4.79 Å². The van der Waals surface area contributed by atoms with E-state index in [1.807, 2.05) is 39.0 Å². The molecule has 5 nitrogen and oxygen atoms in total. The number of ether oxygens (including phenoxy) is 1. The zero-order valence-corrected chi connectivity index (χ0v) is 15.1. The average Bonchev–Trinajstić information content (AvgIpc) is 2.96. The van der Waals surface area contributed by atoms with Gasteiger partial charge in [-0.2, -0.15) is 5.26 Å². The van der Waals surface area contributed by atoms with Gasteiger partial charge in [-0.3, -0.25) is 0 Å². The van der Waals surface area contributed by atoms with Crippen LogP contribution in [0, 0.1) is 11.3 Å². The van der Waals surface area contributed by atoms with Crippen molar-refractivity contribution in [3.8, 4) is 6.07 Å². The predicted molar refractivity (Wildman–Crippen MR) is 97.3 cm³/mol. The number of alkyl carbamates (subject to hydrolysis) is 1. The van der Waals surface area contributed by atoms with Crippen molar-refractivity contribution < 1.29 is 9.53 Å². The van der Waals surface area contributed by atoms with Gasteiger partial charge < -0.3 is 14.6 Å². The minimum absolute atomic E-state index is 0.129. The first-order valence-corrected chi connectivity index (χ1v) is 8.86. The number of amides is 1. The first-order valence-electron chi connectivity index (χ1n) is 8.86. The molecular formula is C20H25N3O2. The molecule has 1 saturated carbocycles. The first kappa shape index (κ1) is 17.3. The SMILES string of the molecule is CC(C)(C)OC(=O)N[C@@H]1CCC[C@H](n2ccc3cc(C#N)ccc32)C1. The largest absolute Gasteiger partial charge is 0.444 e. The lowest BCUT2D eigenvalue weighted by atomic mass is 9.91. The normalized spacial score (nSPS) is 20.9. The minimum atomic E-state index is -0.479. The van der Waals surface area contributed by atoms with Crippen molar-refractivity contribution >= 4 is 17.0 Å². The Morgan fingerprint density at radius 1 is 1.32 bits per heavy atom. The summed E-state index contributed by atoms with van der Waals surface area (Å²) >= 11 is 0. The third kappa shape index (κ3) is 4.14. The Hall–Kier alpha value is -2.48. The number of nitrogens with zero attached hydrogens (tertiary/aromatic N) is 2. The molecule has 5 heteroatoms. The summed E-state index contributed by atoms with van der Waals surface area (Å²) in [5, 5.41) is 13.1. The molecule has 0 unspecified atom stereocenters. The lowest BCUT2D eigenvalue weighted by molar-refractivity contribution is 0.0486. The molecule has 1 heterocycles. The van der Waals surface area contributed by atoms with Gasteiger partial charge in [0.25, 0.3) is 0 Å². The van der Waals surface area contributed by atoms with Gasteiger partial charge in [0, 0.05) is 29.2 Å². The molecule has 1 N–H and O–H groups in total. The minimum Gasteiger partial charge on any atom is -0.444 e. The van der Waals surface area contributed by atoms with Crippen molar-refractivity contribution in [2.75, 3.05) is 0 Å². The maximum atomic E-state index is 12.0. The maximum Gasteiger partial charge on any atom is 0.407 e. The summed E-state index contributed by atoms with van der Waals surface area (Å²) in [6.45, 7) is 5.62. The maximum absolute atomic E-state index is 12.0. The number of hydrogen-bond acceptors (Lipinski definition) is 3. The van der Waals surface area contributed by atoms with Gasteiger partial charge >= 0.3 is 6.09 Å². The molecule has 1 fully saturated rings. The van der Waals surface area contributed by atoms with Crippen LogP contribution < -0.4 is 5.32 Å². The van der Waals surface area contributed by atoms with Crippen LogP contribution in [0.5, 0.6) is 0 Å². The van der Waals surface area contributed by atoms with E-state index in [-0.39, 0.29) is 12.1 Å². The summed E-state index contributed by atoms with van der Waals surface area (Å²) in [4.78, 5) is 12.0. The fourth-order valence-corrected chi connectivity index (χ4v) is 3.57. The second kappa shape index (κ2) is 6.79. The average molecular weight is 339 g/mol. The van der Waals surface area contributed by atoms with Gasteiger partial charge in [0.1, 0.15) is 5.60 Å². The summed E-state index contributed by atoms with van der Waals surface area (Å²) in [5.41, 5.74) is 1.34. The van der Waals surface area contributed by atoms with E-state index in [0.717, 1.165) is 36.6 Å². The van der Waals surface area contributed by atoms with Crippen molar-refractivity contribution in [2.45, 2.75) is 64.1 Å². The molecule has 0 bridgehead atoms. The molecule has 0 radical (unpaired) electrons. The lowest BCUT2D eigenvalue weighted by Gasteiger charge is -2.32. The Balaban J connectivity index is 1.71. The fraction of sp³-hybridized carbons (Fsp3) is 0.500. The molecule has 132 valence electrons. The van der Waals surface area contributed by atoms with Crippen LogP contribution in [0.2, 0.25) is 0 Å². The highest BCUT2D eigenvalue weighted by molar-refractivity contribution is 5.81. The number of nitriles is 1. The molecule has 1 aliphatic rings. The van der Waals surface area contributed by atoms with Crippen molar-refractivity contribution in [3.05, 3.63) is 36.0 Å². The van der Waals surface area contributed by atoms with Gasteiger partial charge in [0.05, 0.1) is 11.6 Å². The second-order valence-corrected chi connectivity index (χ2v) is 7.77. The highest BCUT2D eigenvalue weighted by Gasteiger charge is 2.26. The smallest absolute Gasteiger partial charge is 0.407 e. The third-order valence-electron chi connectivity index (χ3n) is 4.61. The van der Waals surface area contributed by atoms with Crippen LogP contribution >= 0.6 is 0 Å². The Morgan fingerprint density at radius 2 is 2.12 bits per heavy atom. The van der Waals surface area contributed by atoms with Crippen LogP contribution in [0.3, 0.4) is 0 Å². The topological polar surface area (TPSA) is 67.0 Å². The van der Waals surface area contributed by atoms with E-state index in [2.05, 4.69) is 28.2 Å². The fourth-order valence-electron chi connectivity index (χ4n) is 3.57. The molecule has 0 aliphatic heterocycles. The summed E-state index contributed by atoms with van der Waals surface area (Å²) in [6, 6.07) is 10.5. The Kier molecular flexibility index (Phi) is 4.71. The number of rotatable bonds is 2. The van der Waals surface area contributed by atoms with Crippen molar-refractivity contribution in [1.29, 1.82) is 5.26 Å². The van der Waals surface area contributed by atoms with E-state index >= 15 is 0 Å². The van der Waals surface area contributed by atoms with Crippen LogP contribution in [0.1, 0.15) is 58.1 Å². The highest BCUT2D eigenvalue weighted by atomic mass is 16.6. The van der Waals surface area contributed by atoms with Crippen molar-refractivity contribution in [3.63, 3.8) is 0 Å². The van der Waals surface area contributed by atoms with Crippen LogP contribution in [-0.2, 0) is 4.74 Å². The van der Waals surface area contributed by atoms with E-state index in [1.165, 1.54) is 0 Å². The standard InChI is InChI=1S/C20H25N3O2/c1-20(2,3)25-19(24)22-16-5-4-6-17(12-16)23-10-9-15-11-14(13-21)7-8-18(15)23/h7-11,16-17H,4-6,12H2,1-3H3,(H,22,24)/t16-,17+/m1/s1. The quantitative estimate of drug-likeness (QED) is 0.874. The summed E-state index contributed by atoms with van der Waals surface area (Å²) in [7, 11) is 0. The molecule has 25 heavy (non-hydrogen) atoms. The molecule has 1 amide bonds. The zero-order chi connectivity index (χ0) is 18.0. The summed E-state index contributed by atoms with van der Waals surface area (Å²) in [5.74, 6) is 0. The molecule has 0 saturated heterocycles. The monoisotopic (exact) mass is 339 g/mol. The number of benzene rings is 1. The van der Waals surface area contributed by atoms with E-state index < -0.39 is 5.60 Å². The molecule has 1 aromatic carbocycles. The molecule has 2 atom stereocenters. The number of carbonyl (C=O) groups excluding carboxylic acids is 1. The Bertz CT molecular complexity index is 810. The lowest BCUT2D eigenvalue weighted by Crippen LogP contribution is -2.41.